The van der Waals surface area contributed by atoms with E-state index in [2.05, 4.69) is 34.9 Å². The van der Waals surface area contributed by atoms with Gasteiger partial charge in [0.05, 0.1) is 6.61 Å². The number of carbonyl (C=O) groups is 2. The van der Waals surface area contributed by atoms with Crippen LogP contribution in [0, 0.1) is 0 Å². The van der Waals surface area contributed by atoms with Gasteiger partial charge in [0.1, 0.15) is 6.04 Å². The molecule has 0 unspecified atom stereocenters. The summed E-state index contributed by atoms with van der Waals surface area (Å²) in [6, 6.07) is 17.9. The lowest BCUT2D eigenvalue weighted by Crippen LogP contribution is -2.61. The van der Waals surface area contributed by atoms with Gasteiger partial charge in [-0.1, -0.05) is 54.6 Å². The molecule has 1 heterocycles. The highest BCUT2D eigenvalue weighted by atomic mass is 16.5. The lowest BCUT2D eigenvalue weighted by Gasteiger charge is -2.26. The van der Waals surface area contributed by atoms with Gasteiger partial charge in [-0.2, -0.15) is 0 Å². The van der Waals surface area contributed by atoms with Crippen LogP contribution in [0.1, 0.15) is 5.56 Å². The fourth-order valence-electron chi connectivity index (χ4n) is 2.34. The number of hydrogen-bond acceptors (Lipinski definition) is 3. The summed E-state index contributed by atoms with van der Waals surface area (Å²) in [5.74, 6) is -0.168. The molecule has 1 atom stereocenters. The smallest absolute Gasteiger partial charge is 0.407 e. The minimum Gasteiger partial charge on any atom is -0.449 e. The number of ether oxygens (including phenoxy) is 1. The Kier molecular flexibility index (Phi) is 4.57. The van der Waals surface area contributed by atoms with Gasteiger partial charge in [0, 0.05) is 13.0 Å². The molecule has 0 spiro atoms. The van der Waals surface area contributed by atoms with Gasteiger partial charge in [-0.15, -0.1) is 0 Å². The molecule has 0 aliphatic carbocycles. The van der Waals surface area contributed by atoms with Crippen molar-refractivity contribution < 1.29 is 14.3 Å². The SMILES string of the molecule is O=C(N[C@H]1CNC1=O)OCCc1ccc(-c2ccccc2)cc1. The molecule has 1 saturated heterocycles. The number of carbonyl (C=O) groups excluding carboxylic acids is 2. The van der Waals surface area contributed by atoms with Crippen molar-refractivity contribution in [3.8, 4) is 11.1 Å². The Morgan fingerprint density at radius 1 is 1.09 bits per heavy atom. The average Bonchev–Trinajstić information content (AvgIpc) is 2.60. The third-order valence-corrected chi connectivity index (χ3v) is 3.77. The normalized spacial score (nSPS) is 16.2. The van der Waals surface area contributed by atoms with Crippen molar-refractivity contribution in [2.24, 2.45) is 0 Å². The molecule has 2 aromatic carbocycles. The summed E-state index contributed by atoms with van der Waals surface area (Å²) in [5, 5.41) is 5.07. The molecule has 5 heteroatoms. The highest BCUT2D eigenvalue weighted by Crippen LogP contribution is 2.19. The predicted octanol–water partition coefficient (Wildman–Crippen LogP) is 2.12. The molecule has 3 rings (SSSR count). The Bertz CT molecular complexity index is 683. The van der Waals surface area contributed by atoms with E-state index in [1.54, 1.807) is 0 Å². The van der Waals surface area contributed by atoms with E-state index in [1.807, 2.05) is 30.3 Å². The Morgan fingerprint density at radius 3 is 2.39 bits per heavy atom. The van der Waals surface area contributed by atoms with Crippen LogP contribution >= 0.6 is 0 Å². The number of nitrogens with one attached hydrogen (secondary N) is 2. The topological polar surface area (TPSA) is 67.4 Å². The molecule has 1 aliphatic heterocycles. The van der Waals surface area contributed by atoms with Crippen LogP contribution in [0.4, 0.5) is 4.79 Å². The zero-order chi connectivity index (χ0) is 16.1. The van der Waals surface area contributed by atoms with Crippen molar-refractivity contribution in [3.63, 3.8) is 0 Å². The van der Waals surface area contributed by atoms with Crippen molar-refractivity contribution >= 4 is 12.0 Å². The first kappa shape index (κ1) is 15.1. The van der Waals surface area contributed by atoms with Crippen LogP contribution in [-0.4, -0.2) is 31.2 Å². The van der Waals surface area contributed by atoms with E-state index in [9.17, 15) is 9.59 Å². The summed E-state index contributed by atoms with van der Waals surface area (Å²) < 4.78 is 5.09. The van der Waals surface area contributed by atoms with E-state index in [1.165, 1.54) is 5.56 Å². The average molecular weight is 310 g/mol. The van der Waals surface area contributed by atoms with E-state index in [4.69, 9.17) is 4.74 Å². The predicted molar refractivity (Wildman–Crippen MR) is 86.9 cm³/mol. The maximum atomic E-state index is 11.5. The summed E-state index contributed by atoms with van der Waals surface area (Å²) in [4.78, 5) is 22.5. The second kappa shape index (κ2) is 6.96. The minimum atomic E-state index is -0.550. The van der Waals surface area contributed by atoms with E-state index in [-0.39, 0.29) is 12.5 Å². The lowest BCUT2D eigenvalue weighted by molar-refractivity contribution is -0.128. The van der Waals surface area contributed by atoms with Gasteiger partial charge in [0.15, 0.2) is 0 Å². The first-order chi connectivity index (χ1) is 11.2. The quantitative estimate of drug-likeness (QED) is 0.831. The summed E-state index contributed by atoms with van der Waals surface area (Å²) in [7, 11) is 0. The van der Waals surface area contributed by atoms with E-state index in [0.29, 0.717) is 13.0 Å². The maximum Gasteiger partial charge on any atom is 0.407 e. The third-order valence-electron chi connectivity index (χ3n) is 3.77. The van der Waals surface area contributed by atoms with Crippen LogP contribution in [0.2, 0.25) is 0 Å². The molecular weight excluding hydrogens is 292 g/mol. The highest BCUT2D eigenvalue weighted by Gasteiger charge is 2.29. The molecule has 0 bridgehead atoms. The van der Waals surface area contributed by atoms with Crippen LogP contribution < -0.4 is 10.6 Å². The number of β-lactam (4-membered cyclic amide) rings is 1. The molecule has 2 amide bonds. The molecular formula is C18H18N2O3. The third kappa shape index (κ3) is 3.88. The van der Waals surface area contributed by atoms with Crippen LogP contribution in [0.5, 0.6) is 0 Å². The second-order valence-electron chi connectivity index (χ2n) is 5.39. The molecule has 0 saturated carbocycles. The number of rotatable bonds is 5. The lowest BCUT2D eigenvalue weighted by atomic mass is 10.0. The monoisotopic (exact) mass is 310 g/mol. The molecule has 23 heavy (non-hydrogen) atoms. The summed E-state index contributed by atoms with van der Waals surface area (Å²) in [6.45, 7) is 0.750. The molecule has 5 nitrogen and oxygen atoms in total. The highest BCUT2D eigenvalue weighted by molar-refractivity contribution is 5.90. The summed E-state index contributed by atoms with van der Waals surface area (Å²) >= 11 is 0. The molecule has 0 radical (unpaired) electrons. The fraction of sp³-hybridized carbons (Fsp3) is 0.222. The number of amides is 2. The van der Waals surface area contributed by atoms with E-state index < -0.39 is 12.1 Å². The van der Waals surface area contributed by atoms with E-state index in [0.717, 1.165) is 11.1 Å². The summed E-state index contributed by atoms with van der Waals surface area (Å²) in [6.07, 6.45) is 0.0880. The van der Waals surface area contributed by atoms with Crippen molar-refractivity contribution in [1.82, 2.24) is 10.6 Å². The largest absolute Gasteiger partial charge is 0.449 e. The maximum absolute atomic E-state index is 11.5. The minimum absolute atomic E-state index is 0.168. The van der Waals surface area contributed by atoms with Gasteiger partial charge in [-0.25, -0.2) is 4.79 Å². The summed E-state index contributed by atoms with van der Waals surface area (Å²) in [5.41, 5.74) is 3.43. The Balaban J connectivity index is 1.45. The van der Waals surface area contributed by atoms with Gasteiger partial charge in [0.2, 0.25) is 5.91 Å². The zero-order valence-electron chi connectivity index (χ0n) is 12.6. The van der Waals surface area contributed by atoms with Crippen molar-refractivity contribution in [1.29, 1.82) is 0 Å². The van der Waals surface area contributed by atoms with Crippen LogP contribution in [0.15, 0.2) is 54.6 Å². The van der Waals surface area contributed by atoms with E-state index >= 15 is 0 Å². The first-order valence-electron chi connectivity index (χ1n) is 7.58. The van der Waals surface area contributed by atoms with Crippen LogP contribution in [-0.2, 0) is 16.0 Å². The number of alkyl carbamates (subject to hydrolysis) is 1. The van der Waals surface area contributed by atoms with Crippen molar-refractivity contribution in [3.05, 3.63) is 60.2 Å². The second-order valence-corrected chi connectivity index (χ2v) is 5.39. The Morgan fingerprint density at radius 2 is 1.78 bits per heavy atom. The van der Waals surface area contributed by atoms with Gasteiger partial charge >= 0.3 is 6.09 Å². The van der Waals surface area contributed by atoms with Gasteiger partial charge in [-0.3, -0.25) is 4.79 Å². The van der Waals surface area contributed by atoms with Crippen LogP contribution in [0.3, 0.4) is 0 Å². The van der Waals surface area contributed by atoms with Crippen molar-refractivity contribution in [2.45, 2.75) is 12.5 Å². The first-order valence-corrected chi connectivity index (χ1v) is 7.58. The van der Waals surface area contributed by atoms with Gasteiger partial charge < -0.3 is 15.4 Å². The number of hydrogen-bond donors (Lipinski definition) is 2. The van der Waals surface area contributed by atoms with Gasteiger partial charge in [-0.05, 0) is 16.7 Å². The molecule has 118 valence electrons. The fourth-order valence-corrected chi connectivity index (χ4v) is 2.34. The standard InChI is InChI=1S/C18H18N2O3/c21-17-16(12-19-17)20-18(22)23-11-10-13-6-8-15(9-7-13)14-4-2-1-3-5-14/h1-9,16H,10-12H2,(H,19,21)(H,20,22)/t16-/m0/s1. The van der Waals surface area contributed by atoms with Crippen LogP contribution in [0.25, 0.3) is 11.1 Å². The number of benzene rings is 2. The van der Waals surface area contributed by atoms with Gasteiger partial charge in [0.25, 0.3) is 0 Å². The molecule has 2 aromatic rings. The Labute approximate surface area is 134 Å². The molecule has 0 aromatic heterocycles. The zero-order valence-corrected chi connectivity index (χ0v) is 12.6. The molecule has 1 fully saturated rings. The molecule has 1 aliphatic rings. The molecule has 2 N–H and O–H groups in total. The van der Waals surface area contributed by atoms with Crippen molar-refractivity contribution in [2.75, 3.05) is 13.2 Å². The Hall–Kier alpha value is -2.82.